The number of aromatic nitrogens is 1. The summed E-state index contributed by atoms with van der Waals surface area (Å²) in [6, 6.07) is 3.64. The Morgan fingerprint density at radius 1 is 1.26 bits per heavy atom. The molecule has 1 aromatic heterocycles. The maximum atomic E-state index is 13.8. The highest BCUT2D eigenvalue weighted by molar-refractivity contribution is 7.13. The molecule has 7 heteroatoms. The van der Waals surface area contributed by atoms with Crippen LogP contribution in [-0.4, -0.2) is 41.1 Å². The Kier molecular flexibility index (Phi) is 4.41. The van der Waals surface area contributed by atoms with Crippen molar-refractivity contribution in [2.24, 2.45) is 0 Å². The third-order valence-corrected chi connectivity index (χ3v) is 4.47. The first-order valence-electron chi connectivity index (χ1n) is 7.30. The van der Waals surface area contributed by atoms with Crippen LogP contribution in [0.5, 0.6) is 0 Å². The van der Waals surface area contributed by atoms with Crippen molar-refractivity contribution in [1.82, 2.24) is 9.88 Å². The molecule has 1 amide bonds. The lowest BCUT2D eigenvalue weighted by Gasteiger charge is -2.34. The van der Waals surface area contributed by atoms with Crippen molar-refractivity contribution in [3.8, 4) is 10.6 Å². The van der Waals surface area contributed by atoms with E-state index in [2.05, 4.69) is 4.98 Å². The van der Waals surface area contributed by atoms with Gasteiger partial charge in [-0.25, -0.2) is 13.8 Å². The Morgan fingerprint density at radius 3 is 2.48 bits per heavy atom. The Balaban J connectivity index is 1.86. The van der Waals surface area contributed by atoms with E-state index in [4.69, 9.17) is 4.74 Å². The molecule has 1 saturated heterocycles. The van der Waals surface area contributed by atoms with E-state index in [1.807, 2.05) is 13.8 Å². The van der Waals surface area contributed by atoms with Gasteiger partial charge in [-0.3, -0.25) is 4.79 Å². The first-order chi connectivity index (χ1) is 11.0. The van der Waals surface area contributed by atoms with E-state index in [0.717, 1.165) is 11.3 Å². The summed E-state index contributed by atoms with van der Waals surface area (Å²) in [7, 11) is 0. The van der Waals surface area contributed by atoms with Crippen LogP contribution in [-0.2, 0) is 4.74 Å². The number of rotatable bonds is 2. The fourth-order valence-corrected chi connectivity index (χ4v) is 3.54. The average molecular weight is 338 g/mol. The molecule has 0 aliphatic carbocycles. The van der Waals surface area contributed by atoms with Gasteiger partial charge in [0.15, 0.2) is 0 Å². The van der Waals surface area contributed by atoms with Crippen molar-refractivity contribution in [2.75, 3.05) is 13.1 Å². The summed E-state index contributed by atoms with van der Waals surface area (Å²) in [6.45, 7) is 4.75. The smallest absolute Gasteiger partial charge is 0.273 e. The number of amides is 1. The number of nitrogens with zero attached hydrogens (tertiary/aromatic N) is 2. The van der Waals surface area contributed by atoms with Gasteiger partial charge in [0.05, 0.1) is 17.8 Å². The molecule has 0 saturated carbocycles. The summed E-state index contributed by atoms with van der Waals surface area (Å²) in [5.41, 5.74) is 0.00853. The van der Waals surface area contributed by atoms with E-state index in [1.165, 1.54) is 23.6 Å². The van der Waals surface area contributed by atoms with Crippen molar-refractivity contribution in [2.45, 2.75) is 26.1 Å². The van der Waals surface area contributed by atoms with Crippen LogP contribution in [0, 0.1) is 11.6 Å². The SMILES string of the molecule is CC1CN(C(=O)c2csc(-c3c(F)cccc3F)n2)CC(C)O1. The summed E-state index contributed by atoms with van der Waals surface area (Å²) in [5, 5.41) is 1.70. The highest BCUT2D eigenvalue weighted by Gasteiger charge is 2.28. The molecule has 4 nitrogen and oxygen atoms in total. The lowest BCUT2D eigenvalue weighted by atomic mass is 10.2. The van der Waals surface area contributed by atoms with Crippen molar-refractivity contribution >= 4 is 17.2 Å². The summed E-state index contributed by atoms with van der Waals surface area (Å²) >= 11 is 1.06. The van der Waals surface area contributed by atoms with E-state index in [1.54, 1.807) is 4.90 Å². The molecule has 2 atom stereocenters. The van der Waals surface area contributed by atoms with E-state index in [9.17, 15) is 13.6 Å². The maximum absolute atomic E-state index is 13.8. The summed E-state index contributed by atoms with van der Waals surface area (Å²) < 4.78 is 33.2. The molecule has 2 unspecified atom stereocenters. The molecule has 2 heterocycles. The van der Waals surface area contributed by atoms with Gasteiger partial charge in [-0.05, 0) is 26.0 Å². The fourth-order valence-electron chi connectivity index (χ4n) is 2.69. The van der Waals surface area contributed by atoms with E-state index in [-0.39, 0.29) is 34.4 Å². The number of hydrogen-bond donors (Lipinski definition) is 0. The molecular formula is C16H16F2N2O2S. The first kappa shape index (κ1) is 16.0. The summed E-state index contributed by atoms with van der Waals surface area (Å²) in [6.07, 6.45) is -0.102. The molecule has 1 aliphatic heterocycles. The lowest BCUT2D eigenvalue weighted by Crippen LogP contribution is -2.48. The lowest BCUT2D eigenvalue weighted by molar-refractivity contribution is -0.0587. The predicted molar refractivity (Wildman–Crippen MR) is 83.4 cm³/mol. The van der Waals surface area contributed by atoms with Gasteiger partial charge in [-0.2, -0.15) is 0 Å². The number of hydrogen-bond acceptors (Lipinski definition) is 4. The maximum Gasteiger partial charge on any atom is 0.273 e. The fraction of sp³-hybridized carbons (Fsp3) is 0.375. The predicted octanol–water partition coefficient (Wildman–Crippen LogP) is 3.34. The third kappa shape index (κ3) is 3.25. The van der Waals surface area contributed by atoms with Crippen LogP contribution in [0.15, 0.2) is 23.6 Å². The normalized spacial score (nSPS) is 21.5. The highest BCUT2D eigenvalue weighted by Crippen LogP contribution is 2.29. The largest absolute Gasteiger partial charge is 0.372 e. The molecule has 23 heavy (non-hydrogen) atoms. The van der Waals surface area contributed by atoms with Gasteiger partial charge in [-0.15, -0.1) is 11.3 Å². The average Bonchev–Trinajstić information content (AvgIpc) is 2.94. The monoisotopic (exact) mass is 338 g/mol. The molecule has 3 rings (SSSR count). The van der Waals surface area contributed by atoms with E-state index in [0.29, 0.717) is 13.1 Å². The minimum atomic E-state index is -0.688. The summed E-state index contributed by atoms with van der Waals surface area (Å²) in [4.78, 5) is 18.3. The Hall–Kier alpha value is -1.86. The zero-order valence-electron chi connectivity index (χ0n) is 12.8. The van der Waals surface area contributed by atoms with Gasteiger partial charge < -0.3 is 9.64 Å². The number of morpholine rings is 1. The second kappa shape index (κ2) is 6.33. The van der Waals surface area contributed by atoms with Gasteiger partial charge >= 0.3 is 0 Å². The standard InChI is InChI=1S/C16H16F2N2O2S/c1-9-6-20(7-10(2)22-9)16(21)13-8-23-15(19-13)14-11(17)4-3-5-12(14)18/h3-5,8-10H,6-7H2,1-2H3. The number of carbonyl (C=O) groups is 1. The van der Waals surface area contributed by atoms with E-state index < -0.39 is 11.6 Å². The van der Waals surface area contributed by atoms with E-state index >= 15 is 0 Å². The minimum Gasteiger partial charge on any atom is -0.372 e. The highest BCUT2D eigenvalue weighted by atomic mass is 32.1. The first-order valence-corrected chi connectivity index (χ1v) is 8.18. The molecule has 1 fully saturated rings. The van der Waals surface area contributed by atoms with Crippen molar-refractivity contribution in [1.29, 1.82) is 0 Å². The van der Waals surface area contributed by atoms with Gasteiger partial charge in [-0.1, -0.05) is 6.07 Å². The number of thiazole rings is 1. The van der Waals surface area contributed by atoms with Crippen LogP contribution in [0.1, 0.15) is 24.3 Å². The Morgan fingerprint density at radius 2 is 1.87 bits per heavy atom. The minimum absolute atomic E-state index is 0.0511. The molecule has 1 aliphatic rings. The van der Waals surface area contributed by atoms with Gasteiger partial charge in [0, 0.05) is 18.5 Å². The van der Waals surface area contributed by atoms with Crippen molar-refractivity contribution in [3.63, 3.8) is 0 Å². The van der Waals surface area contributed by atoms with Crippen molar-refractivity contribution in [3.05, 3.63) is 40.9 Å². The molecule has 0 bridgehead atoms. The van der Waals surface area contributed by atoms with Crippen LogP contribution < -0.4 is 0 Å². The number of carbonyl (C=O) groups excluding carboxylic acids is 1. The zero-order chi connectivity index (χ0) is 16.6. The van der Waals surface area contributed by atoms with Crippen LogP contribution in [0.4, 0.5) is 8.78 Å². The van der Waals surface area contributed by atoms with Crippen molar-refractivity contribution < 1.29 is 18.3 Å². The molecule has 0 spiro atoms. The van der Waals surface area contributed by atoms with Crippen LogP contribution >= 0.6 is 11.3 Å². The number of ether oxygens (including phenoxy) is 1. The Labute approximate surface area is 136 Å². The zero-order valence-corrected chi connectivity index (χ0v) is 13.6. The number of halogens is 2. The third-order valence-electron chi connectivity index (χ3n) is 3.61. The molecule has 0 radical (unpaired) electrons. The molecule has 2 aromatic rings. The number of benzene rings is 1. The summed E-state index contributed by atoms with van der Waals surface area (Å²) in [5.74, 6) is -1.62. The van der Waals surface area contributed by atoms with Gasteiger partial charge in [0.25, 0.3) is 5.91 Å². The molecule has 0 N–H and O–H groups in total. The van der Waals surface area contributed by atoms with Crippen LogP contribution in [0.2, 0.25) is 0 Å². The van der Waals surface area contributed by atoms with Gasteiger partial charge in [0.1, 0.15) is 22.3 Å². The second-order valence-electron chi connectivity index (χ2n) is 5.60. The quantitative estimate of drug-likeness (QED) is 0.843. The second-order valence-corrected chi connectivity index (χ2v) is 6.46. The van der Waals surface area contributed by atoms with Crippen LogP contribution in [0.3, 0.4) is 0 Å². The molecule has 122 valence electrons. The Bertz CT molecular complexity index is 704. The van der Waals surface area contributed by atoms with Crippen LogP contribution in [0.25, 0.3) is 10.6 Å². The molecular weight excluding hydrogens is 322 g/mol. The van der Waals surface area contributed by atoms with Gasteiger partial charge in [0.2, 0.25) is 0 Å². The topological polar surface area (TPSA) is 42.4 Å². The molecule has 1 aromatic carbocycles.